The van der Waals surface area contributed by atoms with Crippen molar-refractivity contribution in [2.24, 2.45) is 24.3 Å². The predicted octanol–water partition coefficient (Wildman–Crippen LogP) is 6.24. The number of hydrogen-bond donors (Lipinski definition) is 0. The van der Waals surface area contributed by atoms with Crippen LogP contribution in [-0.4, -0.2) is 20.8 Å². The molecule has 0 N–H and O–H groups in total. The maximum Gasteiger partial charge on any atom is 0.155 e. The Morgan fingerprint density at radius 3 is 2.40 bits per heavy atom. The largest absolute Gasteiger partial charge is 0.337 e. The van der Waals surface area contributed by atoms with Crippen LogP contribution in [0.3, 0.4) is 0 Å². The van der Waals surface area contributed by atoms with Crippen LogP contribution < -0.4 is 5.49 Å². The molecule has 0 bridgehead atoms. The lowest BCUT2D eigenvalue weighted by atomic mass is 9.86. The van der Waals surface area contributed by atoms with Crippen LogP contribution in [0.5, 0.6) is 0 Å². The van der Waals surface area contributed by atoms with Gasteiger partial charge < -0.3 is 9.13 Å². The molecule has 5 rings (SSSR count). The lowest BCUT2D eigenvalue weighted by Crippen LogP contribution is -2.18. The Hall–Kier alpha value is -3.96. The minimum atomic E-state index is 0.0317. The van der Waals surface area contributed by atoms with Crippen LogP contribution >= 0.6 is 11.6 Å². The highest BCUT2D eigenvalue weighted by Crippen LogP contribution is 2.36. The van der Waals surface area contributed by atoms with Crippen molar-refractivity contribution in [2.75, 3.05) is 0 Å². The van der Waals surface area contributed by atoms with Gasteiger partial charge in [-0.3, -0.25) is 0 Å². The lowest BCUT2D eigenvalue weighted by Gasteiger charge is -2.21. The first kappa shape index (κ1) is 22.8. The molecule has 5 nitrogen and oxygen atoms in total. The molecular formula is C29H26ClN5. The minimum absolute atomic E-state index is 0.0317. The highest BCUT2D eigenvalue weighted by atomic mass is 35.5. The van der Waals surface area contributed by atoms with E-state index in [1.807, 2.05) is 55.5 Å². The zero-order chi connectivity index (χ0) is 24.5. The third kappa shape index (κ3) is 4.31. The fourth-order valence-electron chi connectivity index (χ4n) is 4.67. The number of nitrogens with zero attached hydrogens (tertiary/aromatic N) is 5. The summed E-state index contributed by atoms with van der Waals surface area (Å²) >= 11 is 6.37. The van der Waals surface area contributed by atoms with E-state index in [1.54, 1.807) is 0 Å². The maximum atomic E-state index is 6.37. The number of hydrogen-bond acceptors (Lipinski definition) is 3. The van der Waals surface area contributed by atoms with E-state index in [9.17, 15) is 0 Å². The zero-order valence-corrected chi connectivity index (χ0v) is 20.7. The monoisotopic (exact) mass is 479 g/mol. The number of imidazole rings is 1. The van der Waals surface area contributed by atoms with Crippen LogP contribution in [-0.2, 0) is 14.1 Å². The van der Waals surface area contributed by atoms with Gasteiger partial charge in [-0.05, 0) is 59.5 Å². The van der Waals surface area contributed by atoms with Gasteiger partial charge >= 0.3 is 0 Å². The summed E-state index contributed by atoms with van der Waals surface area (Å²) in [6.07, 6.45) is 3.80. The highest BCUT2D eigenvalue weighted by molar-refractivity contribution is 6.30. The first-order valence-electron chi connectivity index (χ1n) is 11.4. The van der Waals surface area contributed by atoms with E-state index in [-0.39, 0.29) is 5.92 Å². The van der Waals surface area contributed by atoms with E-state index >= 15 is 0 Å². The number of rotatable bonds is 5. The second-order valence-corrected chi connectivity index (χ2v) is 9.21. The number of aryl methyl sites for hydroxylation is 3. The quantitative estimate of drug-likeness (QED) is 0.217. The predicted molar refractivity (Wildman–Crippen MR) is 144 cm³/mol. The molecule has 35 heavy (non-hydrogen) atoms. The van der Waals surface area contributed by atoms with Gasteiger partial charge in [-0.15, -0.1) is 5.10 Å². The van der Waals surface area contributed by atoms with E-state index in [1.165, 1.54) is 16.7 Å². The Balaban J connectivity index is 1.81. The maximum absolute atomic E-state index is 6.37. The number of pyridine rings is 1. The van der Waals surface area contributed by atoms with E-state index < -0.39 is 0 Å². The van der Waals surface area contributed by atoms with Gasteiger partial charge in [-0.2, -0.15) is 5.10 Å². The molecule has 0 saturated carbocycles. The van der Waals surface area contributed by atoms with Crippen molar-refractivity contribution in [3.8, 4) is 11.1 Å². The Bertz CT molecular complexity index is 1610. The molecule has 174 valence electrons. The average Bonchev–Trinajstić information content (AvgIpc) is 3.27. The van der Waals surface area contributed by atoms with Crippen LogP contribution in [0.15, 0.2) is 95.5 Å². The second-order valence-electron chi connectivity index (χ2n) is 8.78. The van der Waals surface area contributed by atoms with E-state index in [0.29, 0.717) is 5.02 Å². The molecule has 0 amide bonds. The average molecular weight is 480 g/mol. The van der Waals surface area contributed by atoms with Gasteiger partial charge in [0.25, 0.3) is 0 Å². The summed E-state index contributed by atoms with van der Waals surface area (Å²) in [5, 5.41) is 9.84. The van der Waals surface area contributed by atoms with Gasteiger partial charge in [-0.25, -0.2) is 4.98 Å². The van der Waals surface area contributed by atoms with E-state index in [4.69, 9.17) is 11.6 Å². The molecule has 0 aliphatic carbocycles. The Labute approximate surface area is 209 Å². The van der Waals surface area contributed by atoms with Gasteiger partial charge in [0.15, 0.2) is 5.49 Å². The smallest absolute Gasteiger partial charge is 0.155 e. The lowest BCUT2D eigenvalue weighted by molar-refractivity contribution is 0.792. The fraction of sp³-hybridized carbons (Fsp3) is 0.138. The topological polar surface area (TPSA) is 47.5 Å². The Morgan fingerprint density at radius 2 is 1.71 bits per heavy atom. The van der Waals surface area contributed by atoms with Gasteiger partial charge in [0.2, 0.25) is 0 Å². The van der Waals surface area contributed by atoms with Crippen LogP contribution in [0.1, 0.15) is 28.3 Å². The standard InChI is InChI=1S/C29H26ClN5/c1-19-8-10-20(11-9-19)29(27-17-32-18-34(27)3)22-12-13-26-25(15-22)24(16-28(33-31-2)35(26)4)21-6-5-7-23(30)14-21/h5-18,29H,2H2,1,3-4H3/b33-28-. The normalized spacial score (nSPS) is 12.7. The molecule has 0 fully saturated rings. The van der Waals surface area contributed by atoms with E-state index in [0.717, 1.165) is 33.2 Å². The Kier molecular flexibility index (Phi) is 6.10. The van der Waals surface area contributed by atoms with Gasteiger partial charge in [0.05, 0.1) is 17.8 Å². The molecule has 0 aliphatic heterocycles. The Morgan fingerprint density at radius 1 is 0.943 bits per heavy atom. The molecule has 0 spiro atoms. The van der Waals surface area contributed by atoms with Crippen molar-refractivity contribution in [2.45, 2.75) is 12.8 Å². The van der Waals surface area contributed by atoms with Crippen LogP contribution in [0.25, 0.3) is 22.0 Å². The zero-order valence-electron chi connectivity index (χ0n) is 20.0. The first-order valence-corrected chi connectivity index (χ1v) is 11.8. The molecule has 2 aromatic heterocycles. The van der Waals surface area contributed by atoms with Gasteiger partial charge in [-0.1, -0.05) is 59.6 Å². The molecule has 0 saturated heterocycles. The van der Waals surface area contributed by atoms with Gasteiger partial charge in [0, 0.05) is 43.1 Å². The van der Waals surface area contributed by atoms with Crippen molar-refractivity contribution in [1.82, 2.24) is 14.1 Å². The summed E-state index contributed by atoms with van der Waals surface area (Å²) in [7, 11) is 4.03. The van der Waals surface area contributed by atoms with Crippen molar-refractivity contribution in [3.05, 3.63) is 118 Å². The summed E-state index contributed by atoms with van der Waals surface area (Å²) in [5.74, 6) is 0.0317. The SMILES string of the molecule is C=N/N=c1/cc(-c2cccc(Cl)c2)c2cc(C(c3ccc(C)cc3)c3cncn3C)ccc2n1C. The number of aromatic nitrogens is 3. The summed E-state index contributed by atoms with van der Waals surface area (Å²) in [4.78, 5) is 4.41. The highest BCUT2D eigenvalue weighted by Gasteiger charge is 2.21. The van der Waals surface area contributed by atoms with E-state index in [2.05, 4.69) is 81.9 Å². The molecule has 1 unspecified atom stereocenters. The van der Waals surface area contributed by atoms with Crippen LogP contribution in [0.4, 0.5) is 0 Å². The summed E-state index contributed by atoms with van der Waals surface area (Å²) in [5.41, 5.74) is 8.58. The van der Waals surface area contributed by atoms with Crippen molar-refractivity contribution in [3.63, 3.8) is 0 Å². The molecule has 2 heterocycles. The minimum Gasteiger partial charge on any atom is -0.337 e. The van der Waals surface area contributed by atoms with Crippen molar-refractivity contribution < 1.29 is 0 Å². The molecule has 1 atom stereocenters. The summed E-state index contributed by atoms with van der Waals surface area (Å²) in [6.45, 7) is 5.66. The molecule has 3 aromatic carbocycles. The molecule has 0 aliphatic rings. The van der Waals surface area contributed by atoms with Gasteiger partial charge in [0.1, 0.15) is 0 Å². The van der Waals surface area contributed by atoms with Crippen LogP contribution in [0, 0.1) is 6.92 Å². The van der Waals surface area contributed by atoms with Crippen LogP contribution in [0.2, 0.25) is 5.02 Å². The van der Waals surface area contributed by atoms with Crippen molar-refractivity contribution in [1.29, 1.82) is 0 Å². The number of halogens is 1. The molecule has 5 aromatic rings. The number of benzene rings is 3. The summed E-state index contributed by atoms with van der Waals surface area (Å²) in [6, 6.07) is 25.3. The molecule has 6 heteroatoms. The third-order valence-corrected chi connectivity index (χ3v) is 6.73. The third-order valence-electron chi connectivity index (χ3n) is 6.49. The second kappa shape index (κ2) is 9.35. The summed E-state index contributed by atoms with van der Waals surface area (Å²) < 4.78 is 4.12. The fourth-order valence-corrected chi connectivity index (χ4v) is 4.86. The molecule has 0 radical (unpaired) electrons. The number of fused-ring (bicyclic) bond motifs is 1. The first-order chi connectivity index (χ1) is 17.0. The van der Waals surface area contributed by atoms with Crippen molar-refractivity contribution >= 4 is 29.2 Å². The molecular weight excluding hydrogens is 454 g/mol.